The number of ketones is 1. The second kappa shape index (κ2) is 7.76. The van der Waals surface area contributed by atoms with E-state index < -0.39 is 11.9 Å². The predicted octanol–water partition coefficient (Wildman–Crippen LogP) is 3.49. The fourth-order valence-corrected chi connectivity index (χ4v) is 6.44. The highest BCUT2D eigenvalue weighted by molar-refractivity contribution is 6.11. The minimum absolute atomic E-state index is 0.0583. The summed E-state index contributed by atoms with van der Waals surface area (Å²) in [5.74, 6) is -0.308. The Hall–Kier alpha value is -3.54. The molecule has 0 unspecified atom stereocenters. The molecule has 5 aliphatic rings. The van der Waals surface area contributed by atoms with Gasteiger partial charge in [0, 0.05) is 17.7 Å². The van der Waals surface area contributed by atoms with E-state index >= 15 is 0 Å². The number of anilines is 1. The number of hydrogen-bond acceptors (Lipinski definition) is 4. The van der Waals surface area contributed by atoms with Gasteiger partial charge in [-0.15, -0.1) is 0 Å². The third-order valence-corrected chi connectivity index (χ3v) is 8.14. The van der Waals surface area contributed by atoms with Gasteiger partial charge in [0.25, 0.3) is 0 Å². The van der Waals surface area contributed by atoms with Gasteiger partial charge in [-0.1, -0.05) is 42.5 Å². The lowest BCUT2D eigenvalue weighted by Crippen LogP contribution is -2.49. The second-order valence-electron chi connectivity index (χ2n) is 10.0. The van der Waals surface area contributed by atoms with Gasteiger partial charge in [0.1, 0.15) is 6.04 Å². The van der Waals surface area contributed by atoms with E-state index in [4.69, 9.17) is 0 Å². The first-order chi connectivity index (χ1) is 16.4. The Morgan fingerprint density at radius 1 is 0.912 bits per heavy atom. The van der Waals surface area contributed by atoms with E-state index in [9.17, 15) is 19.2 Å². The van der Waals surface area contributed by atoms with Gasteiger partial charge in [0.15, 0.2) is 5.78 Å². The summed E-state index contributed by atoms with van der Waals surface area (Å²) in [6.07, 6.45) is 5.62. The van der Waals surface area contributed by atoms with Crippen molar-refractivity contribution in [1.82, 2.24) is 4.90 Å². The largest absolute Gasteiger partial charge is 0.324 e. The first-order valence-corrected chi connectivity index (χ1v) is 11.9. The lowest BCUT2D eigenvalue weighted by Gasteiger charge is -2.37. The van der Waals surface area contributed by atoms with Crippen molar-refractivity contribution < 1.29 is 19.2 Å². The minimum atomic E-state index is -0.934. The van der Waals surface area contributed by atoms with Crippen LogP contribution in [0.25, 0.3) is 0 Å². The number of carbonyl (C=O) groups excluding carboxylic acids is 4. The van der Waals surface area contributed by atoms with Crippen LogP contribution < -0.4 is 5.32 Å². The van der Waals surface area contributed by atoms with Gasteiger partial charge in [-0.25, -0.2) is 0 Å². The Balaban J connectivity index is 1.30. The zero-order valence-electron chi connectivity index (χ0n) is 18.9. The molecule has 1 aliphatic heterocycles. The molecule has 0 radical (unpaired) electrons. The topological polar surface area (TPSA) is 83.6 Å². The molecule has 2 aromatic carbocycles. The van der Waals surface area contributed by atoms with Gasteiger partial charge in [-0.05, 0) is 66.8 Å². The molecule has 0 aromatic heterocycles. The summed E-state index contributed by atoms with van der Waals surface area (Å²) in [5, 5.41) is 2.87. The highest BCUT2D eigenvalue weighted by atomic mass is 16.2. The SMILES string of the molecule is CC(=O)c1ccc(NC(=O)[C@H](Cc2ccccc2)N2C(=O)[C@H]3[C@@H]4C=C[C@H]([C@H]5C[C@H]45)[C@@H]3C2=O)cc1. The molecule has 2 bridgehead atoms. The van der Waals surface area contributed by atoms with Gasteiger partial charge in [-0.2, -0.15) is 0 Å². The van der Waals surface area contributed by atoms with Gasteiger partial charge in [-0.3, -0.25) is 24.1 Å². The Bertz CT molecular complexity index is 1180. The number of nitrogens with zero attached hydrogens (tertiary/aromatic N) is 1. The maximum Gasteiger partial charge on any atom is 0.248 e. The molecule has 1 N–H and O–H groups in total. The molecule has 6 heteroatoms. The predicted molar refractivity (Wildman–Crippen MR) is 126 cm³/mol. The molecule has 3 amide bonds. The molecular formula is C28H26N2O4. The zero-order valence-corrected chi connectivity index (χ0v) is 18.9. The van der Waals surface area contributed by atoms with Crippen LogP contribution in [0.15, 0.2) is 66.7 Å². The number of carbonyl (C=O) groups is 4. The van der Waals surface area contributed by atoms with Crippen molar-refractivity contribution in [1.29, 1.82) is 0 Å². The monoisotopic (exact) mass is 454 g/mol. The van der Waals surface area contributed by atoms with Crippen molar-refractivity contribution in [3.63, 3.8) is 0 Å². The number of nitrogens with one attached hydrogen (secondary N) is 1. The van der Waals surface area contributed by atoms with Crippen LogP contribution in [0.3, 0.4) is 0 Å². The van der Waals surface area contributed by atoms with Crippen LogP contribution in [0.1, 0.15) is 29.3 Å². The van der Waals surface area contributed by atoms with E-state index in [0.29, 0.717) is 23.1 Å². The van der Waals surface area contributed by atoms with Crippen LogP contribution in [-0.4, -0.2) is 34.4 Å². The van der Waals surface area contributed by atoms with Gasteiger partial charge in [0.2, 0.25) is 17.7 Å². The molecule has 4 aliphatic carbocycles. The van der Waals surface area contributed by atoms with Crippen LogP contribution in [0.2, 0.25) is 0 Å². The van der Waals surface area contributed by atoms with Crippen LogP contribution in [0, 0.1) is 35.5 Å². The molecule has 172 valence electrons. The standard InChI is InChI=1S/C28H26N2O4/c1-15(31)17-7-9-18(10-8-17)29-26(32)23(13-16-5-3-2-4-6-16)30-27(33)24-19-11-12-20(22-14-21(19)22)25(24)28(30)34/h2-12,19-25H,13-14H2,1H3,(H,29,32)/t19-,20-,21-,22-,23+,24+,25+/m1/s1. The van der Waals surface area contributed by atoms with Crippen LogP contribution in [0.5, 0.6) is 0 Å². The Labute approximate surface area is 198 Å². The first-order valence-electron chi connectivity index (χ1n) is 11.9. The number of Topliss-reactive ketones (excluding diaryl/α,β-unsaturated/α-hetero) is 1. The fourth-order valence-electron chi connectivity index (χ4n) is 6.44. The Kier molecular flexibility index (Phi) is 4.80. The van der Waals surface area contributed by atoms with Crippen molar-refractivity contribution in [2.45, 2.75) is 25.8 Å². The van der Waals surface area contributed by atoms with E-state index in [2.05, 4.69) is 17.5 Å². The van der Waals surface area contributed by atoms with Crippen molar-refractivity contribution in [2.24, 2.45) is 35.5 Å². The van der Waals surface area contributed by atoms with E-state index in [-0.39, 0.29) is 47.7 Å². The molecule has 2 saturated carbocycles. The van der Waals surface area contributed by atoms with Crippen LogP contribution >= 0.6 is 0 Å². The third kappa shape index (κ3) is 3.23. The van der Waals surface area contributed by atoms with Crippen molar-refractivity contribution in [2.75, 3.05) is 5.32 Å². The fraction of sp³-hybridized carbons (Fsp3) is 0.357. The molecule has 3 fully saturated rings. The number of benzene rings is 2. The highest BCUT2D eigenvalue weighted by Crippen LogP contribution is 2.65. The number of allylic oxidation sites excluding steroid dienone is 2. The smallest absolute Gasteiger partial charge is 0.248 e. The highest BCUT2D eigenvalue weighted by Gasteiger charge is 2.67. The molecule has 6 nitrogen and oxygen atoms in total. The lowest BCUT2D eigenvalue weighted by atomic mass is 9.63. The van der Waals surface area contributed by atoms with Crippen LogP contribution in [-0.2, 0) is 20.8 Å². The number of amides is 3. The lowest BCUT2D eigenvalue weighted by molar-refractivity contribution is -0.146. The minimum Gasteiger partial charge on any atom is -0.324 e. The third-order valence-electron chi connectivity index (χ3n) is 8.14. The number of rotatable bonds is 6. The molecule has 7 rings (SSSR count). The molecule has 34 heavy (non-hydrogen) atoms. The molecule has 1 saturated heterocycles. The summed E-state index contributed by atoms with van der Waals surface area (Å²) >= 11 is 0. The summed E-state index contributed by atoms with van der Waals surface area (Å²) in [5.41, 5.74) is 1.95. The van der Waals surface area contributed by atoms with E-state index in [1.807, 2.05) is 30.3 Å². The Morgan fingerprint density at radius 3 is 2.06 bits per heavy atom. The van der Waals surface area contributed by atoms with Crippen molar-refractivity contribution in [3.8, 4) is 0 Å². The zero-order chi connectivity index (χ0) is 23.6. The van der Waals surface area contributed by atoms with Crippen LogP contribution in [0.4, 0.5) is 5.69 Å². The molecule has 2 aromatic rings. The summed E-state index contributed by atoms with van der Waals surface area (Å²) in [7, 11) is 0. The molecule has 1 heterocycles. The van der Waals surface area contributed by atoms with Gasteiger partial charge < -0.3 is 5.32 Å². The second-order valence-corrected chi connectivity index (χ2v) is 10.0. The summed E-state index contributed by atoms with van der Waals surface area (Å²) in [6, 6.07) is 15.2. The average Bonchev–Trinajstić information content (AvgIpc) is 3.62. The first kappa shape index (κ1) is 21.0. The average molecular weight is 455 g/mol. The number of imide groups is 1. The van der Waals surface area contributed by atoms with Gasteiger partial charge >= 0.3 is 0 Å². The van der Waals surface area contributed by atoms with Crippen molar-refractivity contribution in [3.05, 3.63) is 77.9 Å². The number of hydrogen-bond donors (Lipinski definition) is 1. The summed E-state index contributed by atoms with van der Waals surface area (Å²) in [6.45, 7) is 1.49. The Morgan fingerprint density at radius 2 is 1.50 bits per heavy atom. The summed E-state index contributed by atoms with van der Waals surface area (Å²) < 4.78 is 0. The molecular weight excluding hydrogens is 428 g/mol. The normalized spacial score (nSPS) is 31.1. The summed E-state index contributed by atoms with van der Waals surface area (Å²) in [4.78, 5) is 53.7. The maximum absolute atomic E-state index is 13.7. The van der Waals surface area contributed by atoms with Gasteiger partial charge in [0.05, 0.1) is 11.8 Å². The van der Waals surface area contributed by atoms with E-state index in [1.54, 1.807) is 24.3 Å². The molecule has 7 atom stereocenters. The maximum atomic E-state index is 13.7. The van der Waals surface area contributed by atoms with Crippen molar-refractivity contribution >= 4 is 29.2 Å². The molecule has 0 spiro atoms. The number of likely N-dealkylation sites (tertiary alicyclic amines) is 1. The van der Waals surface area contributed by atoms with E-state index in [1.165, 1.54) is 11.8 Å². The van der Waals surface area contributed by atoms with E-state index in [0.717, 1.165) is 12.0 Å². The quantitative estimate of drug-likeness (QED) is 0.411.